The van der Waals surface area contributed by atoms with E-state index in [0.717, 1.165) is 6.07 Å². The van der Waals surface area contributed by atoms with Crippen LogP contribution < -0.4 is 5.73 Å². The van der Waals surface area contributed by atoms with Crippen molar-refractivity contribution in [3.8, 4) is 0 Å². The molecule has 4 nitrogen and oxygen atoms in total. The minimum Gasteiger partial charge on any atom is -0.388 e. The zero-order valence-corrected chi connectivity index (χ0v) is 13.6. The normalized spacial score (nSPS) is 30.9. The molecular weight excluding hydrogens is 302 g/mol. The Morgan fingerprint density at radius 3 is 2.57 bits per heavy atom. The van der Waals surface area contributed by atoms with Crippen LogP contribution in [0.15, 0.2) is 12.1 Å². The van der Waals surface area contributed by atoms with Gasteiger partial charge in [0.15, 0.2) is 11.6 Å². The zero-order valence-electron chi connectivity index (χ0n) is 13.6. The molecule has 6 heteroatoms. The summed E-state index contributed by atoms with van der Waals surface area (Å²) in [6.45, 7) is 5.02. The summed E-state index contributed by atoms with van der Waals surface area (Å²) in [4.78, 5) is 14.2. The van der Waals surface area contributed by atoms with E-state index in [-0.39, 0.29) is 5.91 Å². The molecule has 0 radical (unpaired) electrons. The van der Waals surface area contributed by atoms with Gasteiger partial charge in [0.25, 0.3) is 0 Å². The quantitative estimate of drug-likeness (QED) is 0.874. The van der Waals surface area contributed by atoms with E-state index in [2.05, 4.69) is 0 Å². The lowest BCUT2D eigenvalue weighted by Crippen LogP contribution is -2.52. The molecule has 3 atom stereocenters. The van der Waals surface area contributed by atoms with Gasteiger partial charge in [0, 0.05) is 0 Å². The molecule has 1 amide bonds. The van der Waals surface area contributed by atoms with Gasteiger partial charge in [-0.2, -0.15) is 0 Å². The summed E-state index contributed by atoms with van der Waals surface area (Å²) in [6.07, 6.45) is 1.53. The van der Waals surface area contributed by atoms with E-state index >= 15 is 0 Å². The lowest BCUT2D eigenvalue weighted by molar-refractivity contribution is -0.138. The van der Waals surface area contributed by atoms with Gasteiger partial charge < -0.3 is 15.7 Å². The number of nitrogens with zero attached hydrogens (tertiary/aromatic N) is 1. The molecule has 2 heterocycles. The van der Waals surface area contributed by atoms with Crippen LogP contribution >= 0.6 is 0 Å². The number of nitrogens with two attached hydrogens (primary N) is 1. The van der Waals surface area contributed by atoms with Gasteiger partial charge in [-0.05, 0) is 63.3 Å². The largest absolute Gasteiger partial charge is 0.388 e. The zero-order chi connectivity index (χ0) is 17.2. The highest BCUT2D eigenvalue weighted by Gasteiger charge is 2.60. The number of halogens is 2. The van der Waals surface area contributed by atoms with E-state index < -0.39 is 34.9 Å². The Labute approximate surface area is 134 Å². The van der Waals surface area contributed by atoms with E-state index in [4.69, 9.17) is 5.73 Å². The first-order chi connectivity index (χ1) is 10.6. The number of fused-ring (bicyclic) bond motifs is 1. The van der Waals surface area contributed by atoms with Crippen molar-refractivity contribution < 1.29 is 18.7 Å². The predicted molar refractivity (Wildman–Crippen MR) is 81.5 cm³/mol. The number of hydrogen-bond acceptors (Lipinski definition) is 3. The minimum absolute atomic E-state index is 0.237. The van der Waals surface area contributed by atoms with E-state index in [1.807, 2.05) is 0 Å². The van der Waals surface area contributed by atoms with Crippen LogP contribution in [0, 0.1) is 18.6 Å². The molecule has 0 unspecified atom stereocenters. The van der Waals surface area contributed by atoms with Crippen molar-refractivity contribution in [2.24, 2.45) is 5.73 Å². The lowest BCUT2D eigenvalue weighted by Gasteiger charge is -2.40. The molecule has 3 rings (SSSR count). The van der Waals surface area contributed by atoms with Gasteiger partial charge in [0.1, 0.15) is 0 Å². The van der Waals surface area contributed by atoms with E-state index in [0.29, 0.717) is 30.4 Å². The lowest BCUT2D eigenvalue weighted by atomic mass is 9.82. The van der Waals surface area contributed by atoms with Gasteiger partial charge in [-0.1, -0.05) is 0 Å². The van der Waals surface area contributed by atoms with Crippen LogP contribution in [0.4, 0.5) is 8.78 Å². The van der Waals surface area contributed by atoms with Crippen LogP contribution in [0.2, 0.25) is 0 Å². The summed E-state index contributed by atoms with van der Waals surface area (Å²) in [7, 11) is 0. The highest BCUT2D eigenvalue weighted by molar-refractivity contribution is 5.86. The van der Waals surface area contributed by atoms with Crippen molar-refractivity contribution in [2.45, 2.75) is 63.3 Å². The Balaban J connectivity index is 2.17. The average molecular weight is 324 g/mol. The number of amides is 1. The Morgan fingerprint density at radius 2 is 1.96 bits per heavy atom. The molecule has 2 fully saturated rings. The van der Waals surface area contributed by atoms with Crippen LogP contribution in [0.5, 0.6) is 0 Å². The van der Waals surface area contributed by atoms with Crippen LogP contribution in [-0.4, -0.2) is 33.6 Å². The number of aliphatic hydroxyl groups is 1. The summed E-state index contributed by atoms with van der Waals surface area (Å²) in [5.74, 6) is -2.07. The van der Waals surface area contributed by atoms with Crippen LogP contribution in [0.25, 0.3) is 0 Å². The molecule has 0 saturated carbocycles. The summed E-state index contributed by atoms with van der Waals surface area (Å²) in [5, 5.41) is 10.4. The molecule has 1 aromatic rings. The third kappa shape index (κ3) is 2.27. The second-order valence-electron chi connectivity index (χ2n) is 7.34. The van der Waals surface area contributed by atoms with Crippen molar-refractivity contribution in [3.63, 3.8) is 0 Å². The third-order valence-corrected chi connectivity index (χ3v) is 5.30. The van der Waals surface area contributed by atoms with Crippen LogP contribution in [0.1, 0.15) is 44.2 Å². The summed E-state index contributed by atoms with van der Waals surface area (Å²) < 4.78 is 27.3. The number of benzene rings is 1. The van der Waals surface area contributed by atoms with Gasteiger partial charge in [-0.3, -0.25) is 4.79 Å². The van der Waals surface area contributed by atoms with Crippen LogP contribution in [0.3, 0.4) is 0 Å². The molecule has 3 N–H and O–H groups in total. The van der Waals surface area contributed by atoms with Crippen molar-refractivity contribution in [1.82, 2.24) is 4.90 Å². The molecular formula is C17H22F2N2O2. The second-order valence-corrected chi connectivity index (χ2v) is 7.34. The fraction of sp³-hybridized carbons (Fsp3) is 0.588. The fourth-order valence-corrected chi connectivity index (χ4v) is 4.31. The smallest absolute Gasteiger partial charge is 0.240 e. The first-order valence-corrected chi connectivity index (χ1v) is 7.85. The SMILES string of the molecule is Cc1cc(F)c(F)cc1[C@]12CC[C@H](C(C)(C)O)N1C(=O)[C@@H](N)C2. The number of rotatable bonds is 2. The van der Waals surface area contributed by atoms with Crippen molar-refractivity contribution >= 4 is 5.91 Å². The summed E-state index contributed by atoms with van der Waals surface area (Å²) >= 11 is 0. The monoisotopic (exact) mass is 324 g/mol. The molecule has 2 saturated heterocycles. The molecule has 1 aromatic carbocycles. The summed E-state index contributed by atoms with van der Waals surface area (Å²) in [6, 6.07) is 1.25. The number of carbonyl (C=O) groups is 1. The Hall–Kier alpha value is -1.53. The first kappa shape index (κ1) is 16.3. The molecule has 0 spiro atoms. The number of carbonyl (C=O) groups excluding carboxylic acids is 1. The van der Waals surface area contributed by atoms with Gasteiger partial charge in [0.2, 0.25) is 5.91 Å². The van der Waals surface area contributed by atoms with E-state index in [1.165, 1.54) is 6.07 Å². The Bertz CT molecular complexity index is 671. The van der Waals surface area contributed by atoms with Gasteiger partial charge in [-0.15, -0.1) is 0 Å². The predicted octanol–water partition coefficient (Wildman–Crippen LogP) is 1.96. The van der Waals surface area contributed by atoms with Gasteiger partial charge in [0.05, 0.1) is 23.2 Å². The Morgan fingerprint density at radius 1 is 1.35 bits per heavy atom. The maximum absolute atomic E-state index is 13.8. The number of aryl methyl sites for hydroxylation is 1. The maximum Gasteiger partial charge on any atom is 0.240 e. The fourth-order valence-electron chi connectivity index (χ4n) is 4.31. The molecule has 23 heavy (non-hydrogen) atoms. The van der Waals surface area contributed by atoms with Crippen LogP contribution in [-0.2, 0) is 10.3 Å². The van der Waals surface area contributed by atoms with Gasteiger partial charge in [-0.25, -0.2) is 8.78 Å². The van der Waals surface area contributed by atoms with E-state index in [1.54, 1.807) is 25.7 Å². The maximum atomic E-state index is 13.8. The highest BCUT2D eigenvalue weighted by Crippen LogP contribution is 2.52. The molecule has 0 bridgehead atoms. The number of hydrogen-bond donors (Lipinski definition) is 2. The molecule has 0 aliphatic carbocycles. The van der Waals surface area contributed by atoms with Gasteiger partial charge >= 0.3 is 0 Å². The molecule has 126 valence electrons. The summed E-state index contributed by atoms with van der Waals surface area (Å²) in [5.41, 5.74) is 5.30. The van der Waals surface area contributed by atoms with Crippen molar-refractivity contribution in [3.05, 3.63) is 34.9 Å². The standard InChI is InChI=1S/C17H22F2N2O2/c1-9-6-11(18)12(19)7-10(9)17-5-4-14(16(2,3)23)21(17)15(22)13(20)8-17/h6-7,13-14,23H,4-5,8,20H2,1-3H3/t13-,14+,17+/m0/s1. The Kier molecular flexibility index (Phi) is 3.54. The highest BCUT2D eigenvalue weighted by atomic mass is 19.2. The first-order valence-electron chi connectivity index (χ1n) is 7.85. The second kappa shape index (κ2) is 4.98. The topological polar surface area (TPSA) is 66.6 Å². The third-order valence-electron chi connectivity index (χ3n) is 5.30. The minimum atomic E-state index is -1.09. The van der Waals surface area contributed by atoms with Crippen molar-refractivity contribution in [1.29, 1.82) is 0 Å². The molecule has 2 aliphatic rings. The molecule has 2 aliphatic heterocycles. The van der Waals surface area contributed by atoms with E-state index in [9.17, 15) is 18.7 Å². The van der Waals surface area contributed by atoms with Crippen molar-refractivity contribution in [2.75, 3.05) is 0 Å². The molecule has 0 aromatic heterocycles. The average Bonchev–Trinajstić information content (AvgIpc) is 2.91.